The Hall–Kier alpha value is -2.75. The van der Waals surface area contributed by atoms with E-state index in [1.165, 1.54) is 12.6 Å². The van der Waals surface area contributed by atoms with E-state index in [-0.39, 0.29) is 17.7 Å². The predicted octanol–water partition coefficient (Wildman–Crippen LogP) is 3.40. The number of benzene rings is 1. The van der Waals surface area contributed by atoms with Crippen LogP contribution in [0.25, 0.3) is 5.57 Å². The van der Waals surface area contributed by atoms with E-state index in [0.717, 1.165) is 29.7 Å². The first-order valence-electron chi connectivity index (χ1n) is 8.29. The van der Waals surface area contributed by atoms with Crippen molar-refractivity contribution in [1.82, 2.24) is 4.98 Å². The second-order valence-corrected chi connectivity index (χ2v) is 6.60. The fraction of sp³-hybridized carbons (Fsp3) is 0.250. The topological polar surface area (TPSA) is 56.3 Å². The summed E-state index contributed by atoms with van der Waals surface area (Å²) in [5.74, 6) is 0.622. The number of pyridine rings is 1. The zero-order valence-electron chi connectivity index (χ0n) is 13.0. The number of hydrogen-bond acceptors (Lipinski definition) is 4. The number of fused-ring (bicyclic) bond motifs is 3. The molecule has 5 rings (SSSR count). The van der Waals surface area contributed by atoms with Crippen molar-refractivity contribution in [3.63, 3.8) is 0 Å². The molecule has 118 valence electrons. The summed E-state index contributed by atoms with van der Waals surface area (Å²) in [5, 5.41) is 0. The van der Waals surface area contributed by atoms with Gasteiger partial charge in [0.05, 0.1) is 11.7 Å². The van der Waals surface area contributed by atoms with Gasteiger partial charge >= 0.3 is 0 Å². The number of carbonyl (C=O) groups is 2. The summed E-state index contributed by atoms with van der Waals surface area (Å²) in [4.78, 5) is 29.7. The predicted molar refractivity (Wildman–Crippen MR) is 88.2 cm³/mol. The van der Waals surface area contributed by atoms with Crippen molar-refractivity contribution in [2.45, 2.75) is 31.8 Å². The molecule has 1 fully saturated rings. The molecule has 0 bridgehead atoms. The molecule has 2 aromatic rings. The summed E-state index contributed by atoms with van der Waals surface area (Å²) < 4.78 is 5.96. The third-order valence-electron chi connectivity index (χ3n) is 5.19. The Morgan fingerprint density at radius 2 is 1.88 bits per heavy atom. The molecule has 4 nitrogen and oxygen atoms in total. The number of aromatic nitrogens is 1. The first-order chi connectivity index (χ1) is 11.7. The highest BCUT2D eigenvalue weighted by Crippen LogP contribution is 2.42. The lowest BCUT2D eigenvalue weighted by atomic mass is 9.85. The second kappa shape index (κ2) is 4.87. The van der Waals surface area contributed by atoms with E-state index in [2.05, 4.69) is 4.98 Å². The molecule has 0 N–H and O–H groups in total. The molecule has 0 aliphatic heterocycles. The van der Waals surface area contributed by atoms with Gasteiger partial charge in [0.15, 0.2) is 11.6 Å². The molecule has 0 radical (unpaired) electrons. The van der Waals surface area contributed by atoms with Gasteiger partial charge in [-0.05, 0) is 48.6 Å². The molecule has 4 heteroatoms. The van der Waals surface area contributed by atoms with E-state index >= 15 is 0 Å². The van der Waals surface area contributed by atoms with Crippen LogP contribution in [0.2, 0.25) is 0 Å². The van der Waals surface area contributed by atoms with Gasteiger partial charge in [-0.2, -0.15) is 0 Å². The summed E-state index contributed by atoms with van der Waals surface area (Å²) in [6, 6.07) is 7.47. The third kappa shape index (κ3) is 1.83. The molecule has 24 heavy (non-hydrogen) atoms. The van der Waals surface area contributed by atoms with Crippen molar-refractivity contribution in [2.24, 2.45) is 0 Å². The zero-order chi connectivity index (χ0) is 16.3. The van der Waals surface area contributed by atoms with E-state index < -0.39 is 0 Å². The van der Waals surface area contributed by atoms with Crippen LogP contribution >= 0.6 is 0 Å². The minimum atomic E-state index is -0.104. The maximum atomic E-state index is 12.9. The first-order valence-corrected chi connectivity index (χ1v) is 8.29. The summed E-state index contributed by atoms with van der Waals surface area (Å²) >= 11 is 0. The Morgan fingerprint density at radius 1 is 1.00 bits per heavy atom. The lowest BCUT2D eigenvalue weighted by molar-refractivity contribution is 0.0991. The van der Waals surface area contributed by atoms with Gasteiger partial charge in [-0.25, -0.2) is 0 Å². The third-order valence-corrected chi connectivity index (χ3v) is 5.19. The number of allylic oxidation sites excluding steroid dienone is 2. The van der Waals surface area contributed by atoms with Crippen molar-refractivity contribution in [1.29, 1.82) is 0 Å². The Kier molecular flexibility index (Phi) is 2.77. The number of nitrogens with zero attached hydrogens (tertiary/aromatic N) is 1. The first kappa shape index (κ1) is 13.7. The number of rotatable bonds is 2. The van der Waals surface area contributed by atoms with Crippen LogP contribution < -0.4 is 4.74 Å². The fourth-order valence-corrected chi connectivity index (χ4v) is 3.66. The minimum absolute atomic E-state index is 0.0559. The second-order valence-electron chi connectivity index (χ2n) is 6.60. The van der Waals surface area contributed by atoms with E-state index in [1.54, 1.807) is 12.3 Å². The number of hydrogen-bond donors (Lipinski definition) is 0. The average molecular weight is 317 g/mol. The summed E-state index contributed by atoms with van der Waals surface area (Å²) in [5.41, 5.74) is 3.87. The number of Topliss-reactive ketones (excluding diaryl/α,β-unsaturated/α-hetero) is 2. The molecule has 3 aliphatic rings. The maximum Gasteiger partial charge on any atom is 0.196 e. The largest absolute Gasteiger partial charge is 0.490 e. The van der Waals surface area contributed by atoms with Gasteiger partial charge in [-0.3, -0.25) is 14.6 Å². The molecule has 0 amide bonds. The lowest BCUT2D eigenvalue weighted by Crippen LogP contribution is -2.24. The Morgan fingerprint density at radius 3 is 2.67 bits per heavy atom. The molecule has 3 aliphatic carbocycles. The quantitative estimate of drug-likeness (QED) is 0.852. The number of carbonyl (C=O) groups excluding carboxylic acids is 2. The molecule has 0 unspecified atom stereocenters. The van der Waals surface area contributed by atoms with Crippen molar-refractivity contribution < 1.29 is 14.3 Å². The van der Waals surface area contributed by atoms with E-state index in [9.17, 15) is 9.59 Å². The lowest BCUT2D eigenvalue weighted by Gasteiger charge is -2.26. The molecule has 0 spiro atoms. The van der Waals surface area contributed by atoms with Crippen LogP contribution in [-0.4, -0.2) is 22.7 Å². The van der Waals surface area contributed by atoms with Crippen molar-refractivity contribution >= 4 is 17.1 Å². The van der Waals surface area contributed by atoms with Crippen molar-refractivity contribution in [3.8, 4) is 5.75 Å². The van der Waals surface area contributed by atoms with E-state index in [1.807, 2.05) is 18.2 Å². The molecular formula is C20H15NO3. The van der Waals surface area contributed by atoms with Crippen LogP contribution in [0.15, 0.2) is 42.2 Å². The van der Waals surface area contributed by atoms with Gasteiger partial charge in [0.25, 0.3) is 0 Å². The van der Waals surface area contributed by atoms with Crippen molar-refractivity contribution in [3.05, 3.63) is 64.5 Å². The molecular weight excluding hydrogens is 302 g/mol. The van der Waals surface area contributed by atoms with Gasteiger partial charge in [0.1, 0.15) is 5.75 Å². The molecule has 1 heterocycles. The van der Waals surface area contributed by atoms with E-state index in [0.29, 0.717) is 28.7 Å². The normalized spacial score (nSPS) is 18.8. The summed E-state index contributed by atoms with van der Waals surface area (Å²) in [7, 11) is 0. The molecule has 0 atom stereocenters. The smallest absolute Gasteiger partial charge is 0.196 e. The van der Waals surface area contributed by atoms with Gasteiger partial charge in [0.2, 0.25) is 0 Å². The highest BCUT2D eigenvalue weighted by atomic mass is 16.5. The fourth-order valence-electron chi connectivity index (χ4n) is 3.66. The van der Waals surface area contributed by atoms with Crippen molar-refractivity contribution in [2.75, 3.05) is 0 Å². The van der Waals surface area contributed by atoms with Crippen LogP contribution in [0, 0.1) is 0 Å². The van der Waals surface area contributed by atoms with Gasteiger partial charge in [0, 0.05) is 35.5 Å². The van der Waals surface area contributed by atoms with Crippen LogP contribution in [0.4, 0.5) is 0 Å². The zero-order valence-corrected chi connectivity index (χ0v) is 13.0. The van der Waals surface area contributed by atoms with Gasteiger partial charge in [-0.1, -0.05) is 6.07 Å². The highest BCUT2D eigenvalue weighted by Gasteiger charge is 2.37. The van der Waals surface area contributed by atoms with Crippen LogP contribution in [0.3, 0.4) is 0 Å². The Labute approximate surface area is 139 Å². The van der Waals surface area contributed by atoms with Gasteiger partial charge < -0.3 is 4.74 Å². The SMILES string of the molecule is O=C1C2=C(C(=O)c3cnccc31)c1cc(OC3CCC3)ccc1C2. The molecule has 1 aromatic carbocycles. The van der Waals surface area contributed by atoms with Crippen LogP contribution in [-0.2, 0) is 6.42 Å². The Bertz CT molecular complexity index is 938. The standard InChI is InChI=1S/C20H15NO3/c22-19-14-6-7-21-10-17(14)20(23)18-15-9-13(24-12-2-1-3-12)5-4-11(15)8-16(18)19/h4-7,9-10,12H,1-3,8H2. The minimum Gasteiger partial charge on any atom is -0.490 e. The van der Waals surface area contributed by atoms with Gasteiger partial charge in [-0.15, -0.1) is 0 Å². The Balaban J connectivity index is 1.60. The number of ether oxygens (including phenoxy) is 1. The molecule has 1 aromatic heterocycles. The number of ketones is 2. The summed E-state index contributed by atoms with van der Waals surface area (Å²) in [6.07, 6.45) is 7.23. The maximum absolute atomic E-state index is 12.9. The van der Waals surface area contributed by atoms with E-state index in [4.69, 9.17) is 4.74 Å². The summed E-state index contributed by atoms with van der Waals surface area (Å²) in [6.45, 7) is 0. The highest BCUT2D eigenvalue weighted by molar-refractivity contribution is 6.41. The van der Waals surface area contributed by atoms with Crippen LogP contribution in [0.1, 0.15) is 51.1 Å². The average Bonchev–Trinajstić information content (AvgIpc) is 2.95. The van der Waals surface area contributed by atoms with Crippen LogP contribution in [0.5, 0.6) is 5.75 Å². The molecule has 1 saturated carbocycles. The monoisotopic (exact) mass is 317 g/mol. The molecule has 0 saturated heterocycles.